The molecule has 0 atom stereocenters. The van der Waals surface area contributed by atoms with Crippen molar-refractivity contribution >= 4 is 10.0 Å². The molecule has 1 N–H and O–H groups in total. The largest absolute Gasteiger partial charge is 0.497 e. The minimum Gasteiger partial charge on any atom is -0.497 e. The zero-order valence-electron chi connectivity index (χ0n) is 12.6. The van der Waals surface area contributed by atoms with Crippen LogP contribution in [0.2, 0.25) is 0 Å². The molecular weight excluding hydrogens is 290 g/mol. The van der Waals surface area contributed by atoms with Gasteiger partial charge in [0.05, 0.1) is 12.0 Å². The third kappa shape index (κ3) is 4.67. The number of hydrogen-bond acceptors (Lipinski definition) is 5. The summed E-state index contributed by atoms with van der Waals surface area (Å²) in [5, 5.41) is 0. The van der Waals surface area contributed by atoms with Crippen molar-refractivity contribution < 1.29 is 13.2 Å². The summed E-state index contributed by atoms with van der Waals surface area (Å²) >= 11 is 0. The lowest BCUT2D eigenvalue weighted by atomic mass is 10.3. The second-order valence-corrected chi connectivity index (χ2v) is 6.99. The molecule has 1 saturated heterocycles. The fourth-order valence-corrected chi connectivity index (χ4v) is 3.27. The number of nitrogens with one attached hydrogen (secondary N) is 1. The molecule has 6 nitrogen and oxygen atoms in total. The zero-order chi connectivity index (χ0) is 15.3. The Kier molecular flexibility index (Phi) is 5.58. The second kappa shape index (κ2) is 7.22. The van der Waals surface area contributed by atoms with Gasteiger partial charge in [-0.15, -0.1) is 0 Å². The standard InChI is InChI=1S/C14H23N3O3S/c1-16-9-11-17(12-10-16)8-7-15-21(18,19)14-5-3-13(20-2)4-6-14/h3-6,15H,7-12H2,1-2H3. The Balaban J connectivity index is 1.83. The van der Waals surface area contributed by atoms with Crippen LogP contribution in [0.4, 0.5) is 0 Å². The molecular formula is C14H23N3O3S. The van der Waals surface area contributed by atoms with Crippen LogP contribution in [0.25, 0.3) is 0 Å². The molecule has 1 aliphatic rings. The molecule has 0 unspecified atom stereocenters. The van der Waals surface area contributed by atoms with Crippen LogP contribution in [0.5, 0.6) is 5.75 Å². The molecule has 118 valence electrons. The second-order valence-electron chi connectivity index (χ2n) is 5.22. The van der Waals surface area contributed by atoms with E-state index >= 15 is 0 Å². The average molecular weight is 313 g/mol. The first kappa shape index (κ1) is 16.2. The van der Waals surface area contributed by atoms with Gasteiger partial charge >= 0.3 is 0 Å². The summed E-state index contributed by atoms with van der Waals surface area (Å²) in [6.45, 7) is 5.21. The van der Waals surface area contributed by atoms with E-state index in [4.69, 9.17) is 4.74 Å². The minimum atomic E-state index is -3.44. The lowest BCUT2D eigenvalue weighted by molar-refractivity contribution is 0.156. The van der Waals surface area contributed by atoms with Gasteiger partial charge in [-0.25, -0.2) is 13.1 Å². The predicted octanol–water partition coefficient (Wildman–Crippen LogP) is 0.221. The molecule has 1 aromatic rings. The van der Waals surface area contributed by atoms with E-state index in [1.54, 1.807) is 31.4 Å². The van der Waals surface area contributed by atoms with E-state index in [0.29, 0.717) is 12.3 Å². The summed E-state index contributed by atoms with van der Waals surface area (Å²) in [6.07, 6.45) is 0. The molecule has 1 aliphatic heterocycles. The van der Waals surface area contributed by atoms with Crippen LogP contribution in [0, 0.1) is 0 Å². The van der Waals surface area contributed by atoms with Gasteiger partial charge < -0.3 is 9.64 Å². The van der Waals surface area contributed by atoms with E-state index in [1.807, 2.05) is 0 Å². The highest BCUT2D eigenvalue weighted by atomic mass is 32.2. The van der Waals surface area contributed by atoms with Gasteiger partial charge in [-0.3, -0.25) is 4.90 Å². The Hall–Kier alpha value is -1.15. The van der Waals surface area contributed by atoms with Crippen LogP contribution in [0.15, 0.2) is 29.2 Å². The SMILES string of the molecule is COc1ccc(S(=O)(=O)NCCN2CCN(C)CC2)cc1. The number of nitrogens with zero attached hydrogens (tertiary/aromatic N) is 2. The van der Waals surface area contributed by atoms with Gasteiger partial charge in [0, 0.05) is 39.3 Å². The summed E-state index contributed by atoms with van der Waals surface area (Å²) in [7, 11) is 0.215. The van der Waals surface area contributed by atoms with Crippen molar-refractivity contribution in [1.82, 2.24) is 14.5 Å². The molecule has 1 fully saturated rings. The van der Waals surface area contributed by atoms with E-state index in [2.05, 4.69) is 21.6 Å². The van der Waals surface area contributed by atoms with Crippen molar-refractivity contribution in [2.75, 3.05) is 53.4 Å². The molecule has 0 amide bonds. The summed E-state index contributed by atoms with van der Waals surface area (Å²) in [4.78, 5) is 4.82. The van der Waals surface area contributed by atoms with Crippen LogP contribution in [-0.2, 0) is 10.0 Å². The van der Waals surface area contributed by atoms with Crippen LogP contribution in [0.3, 0.4) is 0 Å². The number of methoxy groups -OCH3 is 1. The summed E-state index contributed by atoms with van der Waals surface area (Å²) in [5.41, 5.74) is 0. The first-order valence-electron chi connectivity index (χ1n) is 7.06. The van der Waals surface area contributed by atoms with E-state index in [0.717, 1.165) is 32.7 Å². The highest BCUT2D eigenvalue weighted by Crippen LogP contribution is 2.15. The highest BCUT2D eigenvalue weighted by molar-refractivity contribution is 7.89. The topological polar surface area (TPSA) is 61.9 Å². The predicted molar refractivity (Wildman–Crippen MR) is 82.1 cm³/mol. The monoisotopic (exact) mass is 313 g/mol. The van der Waals surface area contributed by atoms with Crippen molar-refractivity contribution in [3.8, 4) is 5.75 Å². The Morgan fingerprint density at radius 3 is 2.33 bits per heavy atom. The molecule has 7 heteroatoms. The highest BCUT2D eigenvalue weighted by Gasteiger charge is 2.16. The van der Waals surface area contributed by atoms with Gasteiger partial charge in [-0.2, -0.15) is 0 Å². The number of rotatable bonds is 6. The number of sulfonamides is 1. The van der Waals surface area contributed by atoms with Crippen molar-refractivity contribution in [2.45, 2.75) is 4.90 Å². The van der Waals surface area contributed by atoms with E-state index in [9.17, 15) is 8.42 Å². The van der Waals surface area contributed by atoms with E-state index < -0.39 is 10.0 Å². The Morgan fingerprint density at radius 2 is 1.76 bits per heavy atom. The molecule has 2 rings (SSSR count). The number of piperazine rings is 1. The number of benzene rings is 1. The summed E-state index contributed by atoms with van der Waals surface area (Å²) in [6, 6.07) is 6.40. The molecule has 0 radical (unpaired) electrons. The Bertz CT molecular complexity index is 537. The molecule has 21 heavy (non-hydrogen) atoms. The van der Waals surface area contributed by atoms with Crippen LogP contribution in [-0.4, -0.2) is 71.6 Å². The van der Waals surface area contributed by atoms with Crippen molar-refractivity contribution in [2.24, 2.45) is 0 Å². The first-order chi connectivity index (χ1) is 10.0. The van der Waals surface area contributed by atoms with Gasteiger partial charge in [0.15, 0.2) is 0 Å². The average Bonchev–Trinajstić information content (AvgIpc) is 2.49. The minimum absolute atomic E-state index is 0.265. The third-order valence-electron chi connectivity index (χ3n) is 3.69. The first-order valence-corrected chi connectivity index (χ1v) is 8.54. The van der Waals surface area contributed by atoms with Gasteiger partial charge in [-0.1, -0.05) is 0 Å². The lowest BCUT2D eigenvalue weighted by Crippen LogP contribution is -2.46. The van der Waals surface area contributed by atoms with Crippen molar-refractivity contribution in [1.29, 1.82) is 0 Å². The van der Waals surface area contributed by atoms with Gasteiger partial charge in [0.25, 0.3) is 0 Å². The smallest absolute Gasteiger partial charge is 0.240 e. The Labute approximate surface area is 126 Å². The maximum absolute atomic E-state index is 12.1. The lowest BCUT2D eigenvalue weighted by Gasteiger charge is -2.32. The zero-order valence-corrected chi connectivity index (χ0v) is 13.4. The van der Waals surface area contributed by atoms with Gasteiger partial charge in [0.1, 0.15) is 5.75 Å². The summed E-state index contributed by atoms with van der Waals surface area (Å²) < 4.78 is 32.0. The molecule has 0 aliphatic carbocycles. The van der Waals surface area contributed by atoms with Gasteiger partial charge in [-0.05, 0) is 31.3 Å². The molecule has 0 saturated carbocycles. The van der Waals surface area contributed by atoms with Crippen molar-refractivity contribution in [3.05, 3.63) is 24.3 Å². The van der Waals surface area contributed by atoms with Crippen molar-refractivity contribution in [3.63, 3.8) is 0 Å². The molecule has 0 bridgehead atoms. The third-order valence-corrected chi connectivity index (χ3v) is 5.16. The maximum Gasteiger partial charge on any atom is 0.240 e. The quantitative estimate of drug-likeness (QED) is 0.814. The number of ether oxygens (including phenoxy) is 1. The fraction of sp³-hybridized carbons (Fsp3) is 0.571. The van der Waals surface area contributed by atoms with E-state index in [1.165, 1.54) is 0 Å². The van der Waals surface area contributed by atoms with Gasteiger partial charge in [0.2, 0.25) is 10.0 Å². The fourth-order valence-electron chi connectivity index (χ4n) is 2.25. The molecule has 0 aromatic heterocycles. The van der Waals surface area contributed by atoms with Crippen LogP contribution >= 0.6 is 0 Å². The Morgan fingerprint density at radius 1 is 1.14 bits per heavy atom. The maximum atomic E-state index is 12.1. The normalized spacial score (nSPS) is 17.8. The number of hydrogen-bond donors (Lipinski definition) is 1. The number of likely N-dealkylation sites (N-methyl/N-ethyl adjacent to an activating group) is 1. The van der Waals surface area contributed by atoms with Crippen LogP contribution in [0.1, 0.15) is 0 Å². The van der Waals surface area contributed by atoms with Crippen LogP contribution < -0.4 is 9.46 Å². The molecule has 0 spiro atoms. The molecule has 1 heterocycles. The summed E-state index contributed by atoms with van der Waals surface area (Å²) in [5.74, 6) is 0.645. The van der Waals surface area contributed by atoms with E-state index in [-0.39, 0.29) is 4.90 Å². The molecule has 1 aromatic carbocycles.